The van der Waals surface area contributed by atoms with Gasteiger partial charge in [0.15, 0.2) is 17.3 Å². The van der Waals surface area contributed by atoms with Gasteiger partial charge in [-0.2, -0.15) is 5.10 Å². The Morgan fingerprint density at radius 3 is 2.50 bits per heavy atom. The Kier molecular flexibility index (Phi) is 6.05. The summed E-state index contributed by atoms with van der Waals surface area (Å²) in [6.45, 7) is 0. The van der Waals surface area contributed by atoms with Crippen molar-refractivity contribution < 1.29 is 19.0 Å². The number of methoxy groups -OCH3 is 3. The number of hydrogen-bond donors (Lipinski definition) is 1. The van der Waals surface area contributed by atoms with Crippen LogP contribution in [0.2, 0.25) is 0 Å². The third kappa shape index (κ3) is 4.20. The SMILES string of the molecule is COc1ccc(CCC(=O)Nc2ccc(-n3cncn3)nc2)c(OC)c1OC. The van der Waals surface area contributed by atoms with Crippen molar-refractivity contribution >= 4 is 11.6 Å². The van der Waals surface area contributed by atoms with Gasteiger partial charge in [-0.1, -0.05) is 6.07 Å². The van der Waals surface area contributed by atoms with E-state index in [1.807, 2.05) is 6.07 Å². The molecule has 0 bridgehead atoms. The van der Waals surface area contributed by atoms with Crippen molar-refractivity contribution in [2.75, 3.05) is 26.6 Å². The fourth-order valence-electron chi connectivity index (χ4n) is 2.75. The molecule has 3 rings (SSSR count). The van der Waals surface area contributed by atoms with Crippen molar-refractivity contribution in [3.63, 3.8) is 0 Å². The summed E-state index contributed by atoms with van der Waals surface area (Å²) in [5.74, 6) is 2.13. The number of carbonyl (C=O) groups is 1. The molecule has 2 heterocycles. The van der Waals surface area contributed by atoms with E-state index in [9.17, 15) is 4.79 Å². The lowest BCUT2D eigenvalue weighted by atomic mass is 10.1. The highest BCUT2D eigenvalue weighted by Gasteiger charge is 2.16. The van der Waals surface area contributed by atoms with Gasteiger partial charge >= 0.3 is 0 Å². The molecule has 0 spiro atoms. The van der Waals surface area contributed by atoms with E-state index in [1.54, 1.807) is 52.1 Å². The van der Waals surface area contributed by atoms with Crippen molar-refractivity contribution in [3.05, 3.63) is 48.7 Å². The van der Waals surface area contributed by atoms with Gasteiger partial charge in [0.1, 0.15) is 12.7 Å². The molecule has 0 saturated carbocycles. The zero-order valence-corrected chi connectivity index (χ0v) is 15.9. The maximum atomic E-state index is 12.3. The lowest BCUT2D eigenvalue weighted by Gasteiger charge is -2.15. The van der Waals surface area contributed by atoms with Crippen LogP contribution in [-0.2, 0) is 11.2 Å². The summed E-state index contributed by atoms with van der Waals surface area (Å²) < 4.78 is 17.6. The van der Waals surface area contributed by atoms with E-state index in [4.69, 9.17) is 14.2 Å². The van der Waals surface area contributed by atoms with Crippen molar-refractivity contribution in [2.45, 2.75) is 12.8 Å². The van der Waals surface area contributed by atoms with Crippen LogP contribution >= 0.6 is 0 Å². The summed E-state index contributed by atoms with van der Waals surface area (Å²) in [5.41, 5.74) is 1.46. The first-order valence-corrected chi connectivity index (χ1v) is 8.55. The Balaban J connectivity index is 1.63. The van der Waals surface area contributed by atoms with E-state index in [-0.39, 0.29) is 12.3 Å². The Bertz CT molecular complexity index is 926. The number of amides is 1. The van der Waals surface area contributed by atoms with Crippen LogP contribution in [0.25, 0.3) is 5.82 Å². The number of pyridine rings is 1. The third-order valence-corrected chi connectivity index (χ3v) is 4.09. The van der Waals surface area contributed by atoms with Crippen LogP contribution in [0.4, 0.5) is 5.69 Å². The number of anilines is 1. The molecule has 0 radical (unpaired) electrons. The summed E-state index contributed by atoms with van der Waals surface area (Å²) >= 11 is 0. The van der Waals surface area contributed by atoms with E-state index in [0.29, 0.717) is 35.2 Å². The molecule has 1 amide bonds. The lowest BCUT2D eigenvalue weighted by Crippen LogP contribution is -2.13. The summed E-state index contributed by atoms with van der Waals surface area (Å²) in [7, 11) is 4.67. The van der Waals surface area contributed by atoms with E-state index in [0.717, 1.165) is 5.56 Å². The molecule has 0 unspecified atom stereocenters. The highest BCUT2D eigenvalue weighted by Crippen LogP contribution is 2.40. The Labute approximate surface area is 162 Å². The average molecular weight is 383 g/mol. The second-order valence-corrected chi connectivity index (χ2v) is 5.79. The number of nitrogens with zero attached hydrogens (tertiary/aromatic N) is 4. The number of hydrogen-bond acceptors (Lipinski definition) is 7. The maximum absolute atomic E-state index is 12.3. The monoisotopic (exact) mass is 383 g/mol. The quantitative estimate of drug-likeness (QED) is 0.637. The molecule has 28 heavy (non-hydrogen) atoms. The molecule has 0 atom stereocenters. The molecule has 0 saturated heterocycles. The molecular formula is C19H21N5O4. The minimum Gasteiger partial charge on any atom is -0.493 e. The number of carbonyl (C=O) groups excluding carboxylic acids is 1. The smallest absolute Gasteiger partial charge is 0.224 e. The topological polar surface area (TPSA) is 100 Å². The standard InChI is InChI=1S/C19H21N5O4/c1-26-15-7-4-13(18(27-2)19(15)28-3)5-9-17(25)23-14-6-8-16(21-10-14)24-12-20-11-22-24/h4,6-8,10-12H,5,9H2,1-3H3,(H,23,25). The Morgan fingerprint density at radius 1 is 1.07 bits per heavy atom. The Hall–Kier alpha value is -3.62. The molecule has 2 aromatic heterocycles. The number of ether oxygens (including phenoxy) is 3. The highest BCUT2D eigenvalue weighted by atomic mass is 16.5. The van der Waals surface area contributed by atoms with Crippen LogP contribution in [0.1, 0.15) is 12.0 Å². The molecule has 146 valence electrons. The lowest BCUT2D eigenvalue weighted by molar-refractivity contribution is -0.116. The van der Waals surface area contributed by atoms with Gasteiger partial charge in [0, 0.05) is 6.42 Å². The molecule has 0 fully saturated rings. The zero-order valence-electron chi connectivity index (χ0n) is 15.9. The number of rotatable bonds is 8. The molecule has 1 aromatic carbocycles. The second kappa shape index (κ2) is 8.85. The zero-order chi connectivity index (χ0) is 19.9. The van der Waals surface area contributed by atoms with Crippen molar-refractivity contribution in [1.82, 2.24) is 19.7 Å². The van der Waals surface area contributed by atoms with Gasteiger partial charge in [-0.05, 0) is 30.2 Å². The summed E-state index contributed by atoms with van der Waals surface area (Å²) in [6, 6.07) is 7.17. The average Bonchev–Trinajstić information content (AvgIpc) is 3.26. The summed E-state index contributed by atoms with van der Waals surface area (Å²) in [5, 5.41) is 6.84. The fourth-order valence-corrected chi connectivity index (χ4v) is 2.75. The number of aryl methyl sites for hydroxylation is 1. The molecular weight excluding hydrogens is 362 g/mol. The third-order valence-electron chi connectivity index (χ3n) is 4.09. The van der Waals surface area contributed by atoms with Gasteiger partial charge in [0.25, 0.3) is 0 Å². The van der Waals surface area contributed by atoms with Crippen molar-refractivity contribution in [2.24, 2.45) is 0 Å². The maximum Gasteiger partial charge on any atom is 0.224 e. The first kappa shape index (κ1) is 19.2. The molecule has 9 heteroatoms. The van der Waals surface area contributed by atoms with Gasteiger partial charge in [-0.3, -0.25) is 4.79 Å². The second-order valence-electron chi connectivity index (χ2n) is 5.79. The van der Waals surface area contributed by atoms with E-state index >= 15 is 0 Å². The van der Waals surface area contributed by atoms with Gasteiger partial charge in [0.2, 0.25) is 11.7 Å². The van der Waals surface area contributed by atoms with E-state index in [2.05, 4.69) is 20.4 Å². The molecule has 0 aliphatic heterocycles. The van der Waals surface area contributed by atoms with Gasteiger partial charge in [-0.25, -0.2) is 14.6 Å². The minimum absolute atomic E-state index is 0.132. The minimum atomic E-state index is -0.132. The first-order chi connectivity index (χ1) is 13.7. The normalized spacial score (nSPS) is 10.4. The first-order valence-electron chi connectivity index (χ1n) is 8.55. The predicted octanol–water partition coefficient (Wildman–Crippen LogP) is 2.26. The van der Waals surface area contributed by atoms with Gasteiger partial charge in [-0.15, -0.1) is 0 Å². The van der Waals surface area contributed by atoms with Crippen LogP contribution < -0.4 is 19.5 Å². The number of nitrogens with one attached hydrogen (secondary N) is 1. The van der Waals surface area contributed by atoms with Crippen LogP contribution in [0.3, 0.4) is 0 Å². The van der Waals surface area contributed by atoms with Crippen LogP contribution in [-0.4, -0.2) is 47.0 Å². The van der Waals surface area contributed by atoms with Crippen LogP contribution in [0.15, 0.2) is 43.1 Å². The highest BCUT2D eigenvalue weighted by molar-refractivity contribution is 5.90. The Morgan fingerprint density at radius 2 is 1.89 bits per heavy atom. The fraction of sp³-hybridized carbons (Fsp3) is 0.263. The van der Waals surface area contributed by atoms with Gasteiger partial charge < -0.3 is 19.5 Å². The molecule has 3 aromatic rings. The largest absolute Gasteiger partial charge is 0.493 e. The molecule has 9 nitrogen and oxygen atoms in total. The predicted molar refractivity (Wildman–Crippen MR) is 102 cm³/mol. The van der Waals surface area contributed by atoms with E-state index < -0.39 is 0 Å². The molecule has 0 aliphatic carbocycles. The van der Waals surface area contributed by atoms with Crippen LogP contribution in [0, 0.1) is 0 Å². The number of aromatic nitrogens is 4. The molecule has 1 N–H and O–H groups in total. The number of benzene rings is 1. The van der Waals surface area contributed by atoms with Gasteiger partial charge in [0.05, 0.1) is 33.2 Å². The summed E-state index contributed by atoms with van der Waals surface area (Å²) in [6.07, 6.45) is 5.32. The molecule has 0 aliphatic rings. The summed E-state index contributed by atoms with van der Waals surface area (Å²) in [4.78, 5) is 20.4. The van der Waals surface area contributed by atoms with Crippen LogP contribution in [0.5, 0.6) is 17.2 Å². The van der Waals surface area contributed by atoms with E-state index in [1.165, 1.54) is 11.0 Å². The van der Waals surface area contributed by atoms with Crippen molar-refractivity contribution in [1.29, 1.82) is 0 Å². The van der Waals surface area contributed by atoms with Crippen molar-refractivity contribution in [3.8, 4) is 23.1 Å².